The second kappa shape index (κ2) is 33.2. The maximum atomic E-state index is 13.3. The molecule has 2 heterocycles. The monoisotopic (exact) mass is 1150 g/mol. The van der Waals surface area contributed by atoms with Gasteiger partial charge >= 0.3 is 0 Å². The number of sulfonamides is 2. The molecule has 73 heavy (non-hydrogen) atoms. The minimum Gasteiger partial charge on any atom is -0.385 e. The van der Waals surface area contributed by atoms with Crippen molar-refractivity contribution < 1.29 is 35.8 Å². The number of ether oxygens (including phenoxy) is 4. The van der Waals surface area contributed by atoms with Gasteiger partial charge in [0.05, 0.1) is 23.7 Å². The molecule has 4 unspecified atom stereocenters. The minimum absolute atomic E-state index is 0.0700. The summed E-state index contributed by atoms with van der Waals surface area (Å²) in [4.78, 5) is 0. The second-order valence-corrected chi connectivity index (χ2v) is 40.2. The molecular weight excluding hydrogens is 1050 g/mol. The molecule has 0 amide bonds. The van der Waals surface area contributed by atoms with Crippen LogP contribution in [0.2, 0.25) is 51.4 Å². The van der Waals surface area contributed by atoms with Gasteiger partial charge in [-0.25, -0.2) is 25.4 Å². The van der Waals surface area contributed by atoms with E-state index in [0.717, 1.165) is 78.9 Å². The van der Waals surface area contributed by atoms with Gasteiger partial charge in [0, 0.05) is 99.3 Å². The van der Waals surface area contributed by atoms with Crippen LogP contribution in [-0.2, 0) is 45.4 Å². The fourth-order valence-electron chi connectivity index (χ4n) is 10.8. The highest BCUT2D eigenvalue weighted by Crippen LogP contribution is 2.39. The van der Waals surface area contributed by atoms with E-state index in [2.05, 4.69) is 98.2 Å². The van der Waals surface area contributed by atoms with Gasteiger partial charge in [-0.2, -0.15) is 0 Å². The van der Waals surface area contributed by atoms with Gasteiger partial charge in [0.1, 0.15) is 0 Å². The van der Waals surface area contributed by atoms with Crippen LogP contribution in [0.15, 0.2) is 65.7 Å². The van der Waals surface area contributed by atoms with Crippen molar-refractivity contribution in [2.45, 2.75) is 179 Å². The van der Waals surface area contributed by atoms with Gasteiger partial charge in [0.15, 0.2) is 0 Å². The van der Waals surface area contributed by atoms with Gasteiger partial charge in [-0.1, -0.05) is 155 Å². The first-order valence-electron chi connectivity index (χ1n) is 28.4. The standard InChI is InChI=1S/C29H51NO4SSi.C21H36BrNO4SSi.C8H14/c1-33-20-11-21-34-29(27-15-10-19-30(24-27)35(31,32)22-23-36(2,3)4)28-16-9-8-14-26(28)18-17-25-12-6-5-7-13-25;1-26-13-8-14-27-21(19-10-5-6-11-20(19)22)18-9-7-12-23(17-18)28(24,25)15-16-29(2,3)4;1-2-8-6-4-3-5-7-8/h8-9,14,16,25,27,29H,5-7,10-13,15,17-24H2,1-4H3;5-6,10-11,18,21H,7-9,12-17H2,1-4H3;2,8H,1,3-7H2. The third-order valence-electron chi connectivity index (χ3n) is 15.4. The minimum atomic E-state index is -3.24. The molecular formula is C58H101BrN2O8S2Si2. The lowest BCUT2D eigenvalue weighted by Crippen LogP contribution is -2.44. The Labute approximate surface area is 457 Å². The topological polar surface area (TPSA) is 112 Å². The highest BCUT2D eigenvalue weighted by molar-refractivity contribution is 9.10. The van der Waals surface area contributed by atoms with Crippen LogP contribution in [0, 0.1) is 23.7 Å². The van der Waals surface area contributed by atoms with Crippen LogP contribution >= 0.6 is 15.9 Å². The van der Waals surface area contributed by atoms with E-state index in [1.807, 2.05) is 18.2 Å². The zero-order chi connectivity index (χ0) is 53.3. The SMILES string of the molecule is C=CC1CCCCC1.COCCCOC(c1ccccc1Br)C1CCCN(S(=O)(=O)CC[Si](C)(C)C)C1.COCCCOC(c1ccccc1CCC1CCCCC1)C1CCCN(S(=O)(=O)CC[Si](C)(C)C)C1. The number of methoxy groups -OCH3 is 2. The van der Waals surface area contributed by atoms with E-state index in [9.17, 15) is 16.8 Å². The Morgan fingerprint density at radius 2 is 1.07 bits per heavy atom. The van der Waals surface area contributed by atoms with Crippen molar-refractivity contribution in [1.82, 2.24) is 8.61 Å². The number of hydrogen-bond donors (Lipinski definition) is 0. The number of piperidine rings is 2. The highest BCUT2D eigenvalue weighted by Gasteiger charge is 2.37. The predicted octanol–water partition coefficient (Wildman–Crippen LogP) is 14.3. The summed E-state index contributed by atoms with van der Waals surface area (Å²) in [6, 6.07) is 18.5. The summed E-state index contributed by atoms with van der Waals surface area (Å²) in [5.74, 6) is 2.57. The van der Waals surface area contributed by atoms with Crippen LogP contribution in [0.5, 0.6) is 0 Å². The zero-order valence-corrected chi connectivity index (χ0v) is 52.2. The molecule has 0 spiro atoms. The Morgan fingerprint density at radius 1 is 0.616 bits per heavy atom. The van der Waals surface area contributed by atoms with Gasteiger partial charge < -0.3 is 18.9 Å². The molecule has 2 saturated heterocycles. The molecule has 10 nitrogen and oxygen atoms in total. The molecule has 4 atom stereocenters. The lowest BCUT2D eigenvalue weighted by atomic mass is 9.82. The summed E-state index contributed by atoms with van der Waals surface area (Å²) in [7, 11) is -5.87. The second-order valence-electron chi connectivity index (χ2n) is 23.9. The van der Waals surface area contributed by atoms with Gasteiger partial charge in [-0.05, 0) is 111 Å². The van der Waals surface area contributed by atoms with Crippen molar-refractivity contribution in [3.8, 4) is 0 Å². The quantitative estimate of drug-likeness (QED) is 0.0520. The average Bonchev–Trinajstić information content (AvgIpc) is 3.38. The van der Waals surface area contributed by atoms with Crippen LogP contribution < -0.4 is 0 Å². The van der Waals surface area contributed by atoms with Gasteiger partial charge in [-0.3, -0.25) is 0 Å². The van der Waals surface area contributed by atoms with E-state index in [0.29, 0.717) is 52.6 Å². The van der Waals surface area contributed by atoms with Gasteiger partial charge in [0.2, 0.25) is 20.0 Å². The van der Waals surface area contributed by atoms with E-state index in [4.69, 9.17) is 18.9 Å². The Balaban J connectivity index is 0.000000278. The molecule has 4 aliphatic rings. The number of halogens is 1. The molecule has 15 heteroatoms. The Bertz CT molecular complexity index is 2070. The Kier molecular flexibility index (Phi) is 29.3. The smallest absolute Gasteiger partial charge is 0.213 e. The van der Waals surface area contributed by atoms with E-state index in [1.54, 1.807) is 22.8 Å². The molecule has 6 rings (SSSR count). The van der Waals surface area contributed by atoms with E-state index >= 15 is 0 Å². The van der Waals surface area contributed by atoms with Crippen molar-refractivity contribution in [2.75, 3.05) is 78.3 Å². The number of hydrogen-bond acceptors (Lipinski definition) is 8. The molecule has 0 aromatic heterocycles. The number of benzene rings is 2. The molecule has 2 aromatic rings. The van der Waals surface area contributed by atoms with Gasteiger partial charge in [0.25, 0.3) is 0 Å². The van der Waals surface area contributed by atoms with Crippen LogP contribution in [0.4, 0.5) is 0 Å². The van der Waals surface area contributed by atoms with Crippen LogP contribution in [0.1, 0.15) is 138 Å². The van der Waals surface area contributed by atoms with Crippen molar-refractivity contribution in [3.63, 3.8) is 0 Å². The molecule has 2 saturated carbocycles. The van der Waals surface area contributed by atoms with Crippen LogP contribution in [0.25, 0.3) is 0 Å². The molecule has 2 aliphatic carbocycles. The summed E-state index contributed by atoms with van der Waals surface area (Å²) in [6.07, 6.45) is 23.6. The fraction of sp³-hybridized carbons (Fsp3) is 0.759. The summed E-state index contributed by atoms with van der Waals surface area (Å²) in [5.41, 5.74) is 3.76. The van der Waals surface area contributed by atoms with Crippen molar-refractivity contribution in [2.24, 2.45) is 23.7 Å². The van der Waals surface area contributed by atoms with Crippen molar-refractivity contribution >= 4 is 52.1 Å². The first-order chi connectivity index (χ1) is 34.8. The molecule has 418 valence electrons. The van der Waals surface area contributed by atoms with E-state index in [1.165, 1.54) is 81.8 Å². The van der Waals surface area contributed by atoms with Crippen LogP contribution in [-0.4, -0.2) is 120 Å². The number of nitrogens with zero attached hydrogens (tertiary/aromatic N) is 2. The van der Waals surface area contributed by atoms with E-state index < -0.39 is 36.2 Å². The van der Waals surface area contributed by atoms with Crippen molar-refractivity contribution in [1.29, 1.82) is 0 Å². The van der Waals surface area contributed by atoms with Crippen molar-refractivity contribution in [3.05, 3.63) is 82.3 Å². The first kappa shape index (κ1) is 64.3. The number of aryl methyl sites for hydroxylation is 1. The molecule has 0 bridgehead atoms. The third kappa shape index (κ3) is 24.1. The Hall–Kier alpha value is -1.25. The van der Waals surface area contributed by atoms with Crippen LogP contribution in [0.3, 0.4) is 0 Å². The molecule has 4 fully saturated rings. The Morgan fingerprint density at radius 3 is 1.52 bits per heavy atom. The summed E-state index contributed by atoms with van der Waals surface area (Å²) in [6.45, 7) is 22.1. The summed E-state index contributed by atoms with van der Waals surface area (Å²) >= 11 is 3.66. The largest absolute Gasteiger partial charge is 0.385 e. The molecule has 2 aliphatic heterocycles. The third-order valence-corrected chi connectivity index (χ3v) is 24.0. The summed E-state index contributed by atoms with van der Waals surface area (Å²) < 4.78 is 80.3. The number of allylic oxidation sites excluding steroid dienone is 1. The van der Waals surface area contributed by atoms with E-state index in [-0.39, 0.29) is 35.5 Å². The molecule has 0 N–H and O–H groups in total. The normalized spacial score (nSPS) is 21.1. The fourth-order valence-corrected chi connectivity index (χ4v) is 20.5. The maximum Gasteiger partial charge on any atom is 0.213 e. The molecule has 2 aromatic carbocycles. The predicted molar refractivity (Wildman–Crippen MR) is 315 cm³/mol. The number of rotatable bonds is 26. The first-order valence-corrected chi connectivity index (χ1v) is 39.8. The van der Waals surface area contributed by atoms with Gasteiger partial charge in [-0.15, -0.1) is 6.58 Å². The highest BCUT2D eigenvalue weighted by atomic mass is 79.9. The zero-order valence-electron chi connectivity index (χ0n) is 46.9. The molecule has 0 radical (unpaired) electrons. The lowest BCUT2D eigenvalue weighted by molar-refractivity contribution is -0.0133. The summed E-state index contributed by atoms with van der Waals surface area (Å²) in [5, 5.41) is 0. The lowest BCUT2D eigenvalue weighted by Gasteiger charge is -2.37. The average molecular weight is 1150 g/mol. The maximum absolute atomic E-state index is 13.3.